The fraction of sp³-hybridized carbons (Fsp3) is 0.0909. The first-order valence-electron chi connectivity index (χ1n) is 12.7. The van der Waals surface area contributed by atoms with E-state index < -0.39 is 11.9 Å². The third kappa shape index (κ3) is 7.54. The number of ether oxygens (including phenoxy) is 1. The molecule has 0 unspecified atom stereocenters. The van der Waals surface area contributed by atoms with Crippen molar-refractivity contribution in [2.24, 2.45) is 0 Å². The number of hydrogen-bond donors (Lipinski definition) is 2. The van der Waals surface area contributed by atoms with Crippen LogP contribution < -0.4 is 10.2 Å². The van der Waals surface area contributed by atoms with Crippen molar-refractivity contribution in [1.82, 2.24) is 0 Å². The highest BCUT2D eigenvalue weighted by molar-refractivity contribution is 6.07. The molecule has 4 aromatic carbocycles. The highest BCUT2D eigenvalue weighted by Crippen LogP contribution is 2.19. The van der Waals surface area contributed by atoms with Crippen molar-refractivity contribution in [3.63, 3.8) is 0 Å². The van der Waals surface area contributed by atoms with Gasteiger partial charge in [-0.25, -0.2) is 4.79 Å². The normalized spacial score (nSPS) is 10.7. The molecule has 0 radical (unpaired) electrons. The molecule has 2 amide bonds. The summed E-state index contributed by atoms with van der Waals surface area (Å²) in [4.78, 5) is 49.7. The van der Waals surface area contributed by atoms with Gasteiger partial charge in [0.15, 0.2) is 0 Å². The van der Waals surface area contributed by atoms with Gasteiger partial charge >= 0.3 is 11.9 Å². The lowest BCUT2D eigenvalue weighted by Gasteiger charge is -2.18. The number of nitrogens with one attached hydrogen (secondary N) is 1. The average Bonchev–Trinajstić information content (AvgIpc) is 2.99. The van der Waals surface area contributed by atoms with Gasteiger partial charge in [-0.05, 0) is 77.4 Å². The molecule has 4 aromatic rings. The molecule has 0 aliphatic heterocycles. The maximum Gasteiger partial charge on any atom is 0.337 e. The first-order valence-corrected chi connectivity index (χ1v) is 12.7. The third-order valence-electron chi connectivity index (χ3n) is 6.32. The van der Waals surface area contributed by atoms with E-state index in [0.717, 1.165) is 16.7 Å². The molecule has 0 saturated heterocycles. The van der Waals surface area contributed by atoms with Crippen molar-refractivity contribution in [2.75, 3.05) is 24.4 Å². The Morgan fingerprint density at radius 3 is 2.02 bits per heavy atom. The highest BCUT2D eigenvalue weighted by atomic mass is 16.5. The molecule has 0 aliphatic rings. The lowest BCUT2D eigenvalue weighted by Crippen LogP contribution is -2.26. The van der Waals surface area contributed by atoms with Crippen molar-refractivity contribution in [3.8, 4) is 0 Å². The van der Waals surface area contributed by atoms with Gasteiger partial charge in [0.05, 0.1) is 19.1 Å². The van der Waals surface area contributed by atoms with Crippen molar-refractivity contribution in [1.29, 1.82) is 0 Å². The summed E-state index contributed by atoms with van der Waals surface area (Å²) in [6.45, 7) is 0. The summed E-state index contributed by atoms with van der Waals surface area (Å²) in [6.07, 6.45) is 3.79. The second-order valence-corrected chi connectivity index (χ2v) is 9.20. The molecule has 0 atom stereocenters. The second kappa shape index (κ2) is 13.0. The Morgan fingerprint density at radius 1 is 0.780 bits per heavy atom. The van der Waals surface area contributed by atoms with Gasteiger partial charge in [0.25, 0.3) is 11.8 Å². The van der Waals surface area contributed by atoms with Crippen LogP contribution >= 0.6 is 0 Å². The van der Waals surface area contributed by atoms with Crippen LogP contribution in [0.3, 0.4) is 0 Å². The summed E-state index contributed by atoms with van der Waals surface area (Å²) >= 11 is 0. The van der Waals surface area contributed by atoms with E-state index in [1.165, 1.54) is 24.1 Å². The van der Waals surface area contributed by atoms with E-state index >= 15 is 0 Å². The number of esters is 1. The zero-order valence-electron chi connectivity index (χ0n) is 22.5. The minimum atomic E-state index is -0.872. The number of carboxylic acids is 1. The Bertz CT molecular complexity index is 1590. The van der Waals surface area contributed by atoms with E-state index in [4.69, 9.17) is 5.11 Å². The SMILES string of the molecule is COC(=O)c1ccc(C(=O)N(C)c2ccc(C(=O)Nc3ccc(/C=C/c4cccc(CC(=O)O)c4)cc3)cc2)cc1. The quantitative estimate of drug-likeness (QED) is 0.202. The summed E-state index contributed by atoms with van der Waals surface area (Å²) in [7, 11) is 2.93. The van der Waals surface area contributed by atoms with Crippen LogP contribution in [0.1, 0.15) is 47.8 Å². The topological polar surface area (TPSA) is 113 Å². The van der Waals surface area contributed by atoms with Gasteiger partial charge in [-0.3, -0.25) is 14.4 Å². The number of benzene rings is 4. The number of nitrogens with zero attached hydrogens (tertiary/aromatic N) is 1. The van der Waals surface area contributed by atoms with Gasteiger partial charge in [-0.15, -0.1) is 0 Å². The van der Waals surface area contributed by atoms with E-state index in [-0.39, 0.29) is 18.2 Å². The van der Waals surface area contributed by atoms with Gasteiger partial charge in [0, 0.05) is 29.5 Å². The van der Waals surface area contributed by atoms with Gasteiger partial charge < -0.3 is 20.1 Å². The lowest BCUT2D eigenvalue weighted by molar-refractivity contribution is -0.136. The molecule has 0 aliphatic carbocycles. The molecule has 0 saturated carbocycles. The van der Waals surface area contributed by atoms with Crippen molar-refractivity contribution in [3.05, 3.63) is 130 Å². The molecule has 0 bridgehead atoms. The Kier molecular flexibility index (Phi) is 9.06. The molecule has 0 spiro atoms. The molecule has 0 fully saturated rings. The largest absolute Gasteiger partial charge is 0.481 e. The van der Waals surface area contributed by atoms with Crippen LogP contribution in [0.5, 0.6) is 0 Å². The minimum absolute atomic E-state index is 0.0260. The Morgan fingerprint density at radius 2 is 1.39 bits per heavy atom. The zero-order chi connectivity index (χ0) is 29.4. The summed E-state index contributed by atoms with van der Waals surface area (Å²) in [5, 5.41) is 11.8. The van der Waals surface area contributed by atoms with Crippen LogP contribution in [0.15, 0.2) is 97.1 Å². The van der Waals surface area contributed by atoms with Crippen LogP contribution in [-0.4, -0.2) is 43.0 Å². The zero-order valence-corrected chi connectivity index (χ0v) is 22.5. The minimum Gasteiger partial charge on any atom is -0.481 e. The van der Waals surface area contributed by atoms with Crippen molar-refractivity contribution < 1.29 is 29.0 Å². The van der Waals surface area contributed by atoms with E-state index in [1.807, 2.05) is 42.5 Å². The highest BCUT2D eigenvalue weighted by Gasteiger charge is 2.15. The molecular weight excluding hydrogens is 520 g/mol. The maximum absolute atomic E-state index is 12.9. The number of aliphatic carboxylic acids is 1. The molecule has 8 nitrogen and oxygen atoms in total. The Hall–Kier alpha value is -5.50. The molecule has 41 heavy (non-hydrogen) atoms. The van der Waals surface area contributed by atoms with Crippen LogP contribution in [0, 0.1) is 0 Å². The van der Waals surface area contributed by atoms with E-state index in [2.05, 4.69) is 10.1 Å². The number of carbonyl (C=O) groups excluding carboxylic acids is 3. The monoisotopic (exact) mass is 548 g/mol. The Balaban J connectivity index is 1.35. The average molecular weight is 549 g/mol. The molecular formula is C33H28N2O6. The van der Waals surface area contributed by atoms with Crippen LogP contribution in [-0.2, 0) is 16.0 Å². The van der Waals surface area contributed by atoms with Crippen molar-refractivity contribution >= 4 is 47.3 Å². The summed E-state index contributed by atoms with van der Waals surface area (Å²) < 4.78 is 4.68. The summed E-state index contributed by atoms with van der Waals surface area (Å²) in [5.74, 6) is -1.90. The second-order valence-electron chi connectivity index (χ2n) is 9.20. The van der Waals surface area contributed by atoms with Gasteiger partial charge in [-0.2, -0.15) is 0 Å². The first kappa shape index (κ1) is 28.5. The predicted molar refractivity (Wildman–Crippen MR) is 158 cm³/mol. The van der Waals surface area contributed by atoms with Crippen molar-refractivity contribution in [2.45, 2.75) is 6.42 Å². The summed E-state index contributed by atoms with van der Waals surface area (Å²) in [6, 6.07) is 27.5. The van der Waals surface area contributed by atoms with E-state index in [9.17, 15) is 19.2 Å². The van der Waals surface area contributed by atoms with Gasteiger partial charge in [0.1, 0.15) is 0 Å². The Labute approximate surface area is 237 Å². The maximum atomic E-state index is 12.9. The standard InChI is InChI=1S/C33H28N2O6/c1-35(32(39)26-10-12-27(13-11-26)33(40)41-2)29-18-14-25(15-19-29)31(38)34-28-16-8-22(9-17-28)6-7-23-4-3-5-24(20-23)21-30(36)37/h3-20H,21H2,1-2H3,(H,34,38)(H,36,37)/b7-6+. The van der Waals surface area contributed by atoms with Crippen LogP contribution in [0.4, 0.5) is 11.4 Å². The van der Waals surface area contributed by atoms with E-state index in [1.54, 1.807) is 61.6 Å². The fourth-order valence-corrected chi connectivity index (χ4v) is 4.07. The van der Waals surface area contributed by atoms with Crippen LogP contribution in [0.25, 0.3) is 12.2 Å². The molecule has 0 aromatic heterocycles. The number of carbonyl (C=O) groups is 4. The molecule has 4 rings (SSSR count). The number of methoxy groups -OCH3 is 1. The lowest BCUT2D eigenvalue weighted by atomic mass is 10.1. The van der Waals surface area contributed by atoms with Gasteiger partial charge in [0.2, 0.25) is 0 Å². The third-order valence-corrected chi connectivity index (χ3v) is 6.32. The fourth-order valence-electron chi connectivity index (χ4n) is 4.07. The summed E-state index contributed by atoms with van der Waals surface area (Å²) in [5.41, 5.74) is 4.98. The smallest absolute Gasteiger partial charge is 0.337 e. The molecule has 8 heteroatoms. The molecule has 206 valence electrons. The first-order chi connectivity index (χ1) is 19.7. The van der Waals surface area contributed by atoms with E-state index in [0.29, 0.717) is 28.1 Å². The van der Waals surface area contributed by atoms with Gasteiger partial charge in [-0.1, -0.05) is 48.6 Å². The number of amides is 2. The molecule has 2 N–H and O–H groups in total. The number of hydrogen-bond acceptors (Lipinski definition) is 5. The number of carboxylic acid groups (broad SMARTS) is 1. The predicted octanol–water partition coefficient (Wildman–Crippen LogP) is 5.80. The molecule has 0 heterocycles. The number of anilines is 2. The van der Waals surface area contributed by atoms with Crippen LogP contribution in [0.2, 0.25) is 0 Å². The number of rotatable bonds is 9.